The van der Waals surface area contributed by atoms with Crippen LogP contribution in [0, 0.1) is 5.92 Å². The van der Waals surface area contributed by atoms with Gasteiger partial charge in [-0.3, -0.25) is 9.59 Å². The van der Waals surface area contributed by atoms with Gasteiger partial charge in [0, 0.05) is 56.3 Å². The van der Waals surface area contributed by atoms with Gasteiger partial charge in [0.15, 0.2) is 0 Å². The van der Waals surface area contributed by atoms with Crippen LogP contribution in [-0.2, 0) is 16.6 Å². The van der Waals surface area contributed by atoms with Crippen molar-refractivity contribution in [1.82, 2.24) is 19.8 Å². The molecule has 27 heavy (non-hydrogen) atoms. The molecule has 2 atom stereocenters. The molecule has 0 bridgehead atoms. The lowest BCUT2D eigenvalue weighted by atomic mass is 10.0. The maximum absolute atomic E-state index is 13.3. The topological polar surface area (TPSA) is 70.5 Å². The summed E-state index contributed by atoms with van der Waals surface area (Å²) in [6.45, 7) is 2.44. The molecule has 2 aromatic rings. The second-order valence-electron chi connectivity index (χ2n) is 6.96. The van der Waals surface area contributed by atoms with Crippen LogP contribution in [0.3, 0.4) is 0 Å². The summed E-state index contributed by atoms with van der Waals surface area (Å²) in [6, 6.07) is 7.02. The Morgan fingerprint density at radius 1 is 1.33 bits per heavy atom. The number of carbonyl (C=O) groups is 2. The maximum Gasteiger partial charge on any atom is 0.239 e. The molecular weight excluding hydrogens is 366 g/mol. The third-order valence-corrected chi connectivity index (χ3v) is 5.54. The molecule has 2 fully saturated rings. The van der Waals surface area contributed by atoms with E-state index in [1.807, 2.05) is 34.8 Å². The highest BCUT2D eigenvalue weighted by Gasteiger charge is 2.42. The molecule has 1 aromatic carbocycles. The standard InChI is InChI=1S/C19H22ClN5O2/c1-23-9-7-22-17(23)16-12-21-6-10-25(16)19(27)15-5-8-24(18(15)26)14-4-2-3-13(20)11-14/h2-4,7,9,11,15-16,21H,5-6,8,10,12H2,1H3. The average molecular weight is 388 g/mol. The first-order valence-corrected chi connectivity index (χ1v) is 9.49. The molecule has 2 aliphatic heterocycles. The van der Waals surface area contributed by atoms with E-state index >= 15 is 0 Å². The number of benzene rings is 1. The number of hydrogen-bond donors (Lipinski definition) is 1. The van der Waals surface area contributed by atoms with E-state index in [1.54, 1.807) is 23.2 Å². The fraction of sp³-hybridized carbons (Fsp3) is 0.421. The number of nitrogens with one attached hydrogen (secondary N) is 1. The molecule has 2 saturated heterocycles. The van der Waals surface area contributed by atoms with Crippen LogP contribution in [0.4, 0.5) is 5.69 Å². The van der Waals surface area contributed by atoms with Gasteiger partial charge in [-0.15, -0.1) is 0 Å². The number of halogens is 1. The van der Waals surface area contributed by atoms with Crippen molar-refractivity contribution in [3.05, 3.63) is 47.5 Å². The highest BCUT2D eigenvalue weighted by atomic mass is 35.5. The highest BCUT2D eigenvalue weighted by Crippen LogP contribution is 2.30. The number of piperazine rings is 1. The van der Waals surface area contributed by atoms with Crippen LogP contribution < -0.4 is 10.2 Å². The Morgan fingerprint density at radius 3 is 2.93 bits per heavy atom. The molecule has 0 spiro atoms. The molecule has 7 nitrogen and oxygen atoms in total. The van der Waals surface area contributed by atoms with Crippen LogP contribution >= 0.6 is 11.6 Å². The minimum Gasteiger partial charge on any atom is -0.336 e. The monoisotopic (exact) mass is 387 g/mol. The zero-order chi connectivity index (χ0) is 19.0. The molecule has 142 valence electrons. The molecular formula is C19H22ClN5O2. The predicted octanol–water partition coefficient (Wildman–Crippen LogP) is 1.60. The molecule has 1 aromatic heterocycles. The quantitative estimate of drug-likeness (QED) is 0.812. The van der Waals surface area contributed by atoms with E-state index in [9.17, 15) is 9.59 Å². The smallest absolute Gasteiger partial charge is 0.239 e. The molecule has 2 aliphatic rings. The van der Waals surface area contributed by atoms with E-state index in [0.717, 1.165) is 11.5 Å². The predicted molar refractivity (Wildman–Crippen MR) is 102 cm³/mol. The van der Waals surface area contributed by atoms with E-state index < -0.39 is 5.92 Å². The Kier molecular flexibility index (Phi) is 4.88. The van der Waals surface area contributed by atoms with Crippen LogP contribution in [0.15, 0.2) is 36.7 Å². The van der Waals surface area contributed by atoms with Gasteiger partial charge in [-0.2, -0.15) is 0 Å². The van der Waals surface area contributed by atoms with Gasteiger partial charge in [-0.25, -0.2) is 4.98 Å². The van der Waals surface area contributed by atoms with Gasteiger partial charge >= 0.3 is 0 Å². The lowest BCUT2D eigenvalue weighted by Crippen LogP contribution is -2.52. The van der Waals surface area contributed by atoms with E-state index in [0.29, 0.717) is 37.6 Å². The first-order chi connectivity index (χ1) is 13.1. The number of anilines is 1. The van der Waals surface area contributed by atoms with Crippen molar-refractivity contribution in [2.45, 2.75) is 12.5 Å². The Bertz CT molecular complexity index is 867. The Labute approximate surface area is 162 Å². The third-order valence-electron chi connectivity index (χ3n) is 5.31. The Balaban J connectivity index is 1.55. The average Bonchev–Trinajstić information content (AvgIpc) is 3.27. The molecule has 4 rings (SSSR count). The number of nitrogens with zero attached hydrogens (tertiary/aromatic N) is 4. The molecule has 0 saturated carbocycles. The summed E-state index contributed by atoms with van der Waals surface area (Å²) < 4.78 is 1.92. The van der Waals surface area contributed by atoms with Crippen LogP contribution in [0.1, 0.15) is 18.3 Å². The summed E-state index contributed by atoms with van der Waals surface area (Å²) in [4.78, 5) is 34.1. The number of carbonyl (C=O) groups excluding carboxylic acids is 2. The molecule has 3 heterocycles. The molecule has 2 amide bonds. The largest absolute Gasteiger partial charge is 0.336 e. The molecule has 8 heteroatoms. The SMILES string of the molecule is Cn1ccnc1C1CNCCN1C(=O)C1CCN(c2cccc(Cl)c2)C1=O. The second-order valence-corrected chi connectivity index (χ2v) is 7.40. The zero-order valence-electron chi connectivity index (χ0n) is 15.1. The van der Waals surface area contributed by atoms with Crippen LogP contribution in [0.2, 0.25) is 5.02 Å². The van der Waals surface area contributed by atoms with E-state index in [1.165, 1.54) is 0 Å². The second kappa shape index (κ2) is 7.32. The molecule has 1 N–H and O–H groups in total. The molecule has 2 unspecified atom stereocenters. The summed E-state index contributed by atoms with van der Waals surface area (Å²) >= 11 is 6.05. The van der Waals surface area contributed by atoms with Crippen molar-refractivity contribution in [3.8, 4) is 0 Å². The summed E-state index contributed by atoms with van der Waals surface area (Å²) in [6.07, 6.45) is 4.11. The number of imidazole rings is 1. The minimum atomic E-state index is -0.648. The fourth-order valence-electron chi connectivity index (χ4n) is 3.91. The van der Waals surface area contributed by atoms with Gasteiger partial charge < -0.3 is 19.7 Å². The normalized spacial score (nSPS) is 23.1. The Hall–Kier alpha value is -2.38. The summed E-state index contributed by atoms with van der Waals surface area (Å²) in [7, 11) is 1.92. The van der Waals surface area contributed by atoms with Crippen LogP contribution in [0.25, 0.3) is 0 Å². The van der Waals surface area contributed by atoms with E-state index in [4.69, 9.17) is 11.6 Å². The van der Waals surface area contributed by atoms with Crippen molar-refractivity contribution in [1.29, 1.82) is 0 Å². The van der Waals surface area contributed by atoms with Crippen molar-refractivity contribution in [2.24, 2.45) is 13.0 Å². The summed E-state index contributed by atoms with van der Waals surface area (Å²) in [5.74, 6) is -0.0871. The van der Waals surface area contributed by atoms with Crippen molar-refractivity contribution in [3.63, 3.8) is 0 Å². The zero-order valence-corrected chi connectivity index (χ0v) is 15.9. The molecule has 0 aliphatic carbocycles. The van der Waals surface area contributed by atoms with Crippen molar-refractivity contribution >= 4 is 29.1 Å². The van der Waals surface area contributed by atoms with Crippen molar-refractivity contribution in [2.75, 3.05) is 31.1 Å². The number of aryl methyl sites for hydroxylation is 1. The third kappa shape index (κ3) is 3.33. The molecule has 0 radical (unpaired) electrons. The van der Waals surface area contributed by atoms with E-state index in [-0.39, 0.29) is 17.9 Å². The van der Waals surface area contributed by atoms with Gasteiger partial charge in [0.2, 0.25) is 11.8 Å². The fourth-order valence-corrected chi connectivity index (χ4v) is 4.09. The van der Waals surface area contributed by atoms with Gasteiger partial charge in [0.05, 0.1) is 0 Å². The summed E-state index contributed by atoms with van der Waals surface area (Å²) in [5.41, 5.74) is 0.740. The highest BCUT2D eigenvalue weighted by molar-refractivity contribution is 6.31. The number of rotatable bonds is 3. The van der Waals surface area contributed by atoms with Gasteiger partial charge in [-0.05, 0) is 24.6 Å². The first-order valence-electron chi connectivity index (χ1n) is 9.11. The van der Waals surface area contributed by atoms with E-state index in [2.05, 4.69) is 10.3 Å². The minimum absolute atomic E-state index is 0.112. The van der Waals surface area contributed by atoms with Crippen molar-refractivity contribution < 1.29 is 9.59 Å². The lowest BCUT2D eigenvalue weighted by Gasteiger charge is -2.37. The van der Waals surface area contributed by atoms with Gasteiger partial charge in [-0.1, -0.05) is 17.7 Å². The Morgan fingerprint density at radius 2 is 2.19 bits per heavy atom. The number of aromatic nitrogens is 2. The first kappa shape index (κ1) is 18.0. The lowest BCUT2D eigenvalue weighted by molar-refractivity contribution is -0.142. The van der Waals surface area contributed by atoms with Crippen LogP contribution in [0.5, 0.6) is 0 Å². The van der Waals surface area contributed by atoms with Crippen LogP contribution in [-0.4, -0.2) is 52.4 Å². The maximum atomic E-state index is 13.3. The number of hydrogen-bond acceptors (Lipinski definition) is 4. The van der Waals surface area contributed by atoms with Gasteiger partial charge in [0.1, 0.15) is 17.8 Å². The van der Waals surface area contributed by atoms with Gasteiger partial charge in [0.25, 0.3) is 0 Å². The number of amides is 2. The summed E-state index contributed by atoms with van der Waals surface area (Å²) in [5, 5.41) is 3.90.